The number of thiophene rings is 1. The van der Waals surface area contributed by atoms with Crippen molar-refractivity contribution < 1.29 is 18.7 Å². The number of carbonyl (C=O) groups excluding carboxylic acids is 1. The summed E-state index contributed by atoms with van der Waals surface area (Å²) in [5.41, 5.74) is 0.976. The molecular formula is C18H17N3O4S. The fourth-order valence-corrected chi connectivity index (χ4v) is 3.25. The van der Waals surface area contributed by atoms with Crippen LogP contribution in [0.2, 0.25) is 0 Å². The maximum atomic E-state index is 12.2. The number of morpholine rings is 1. The maximum absolute atomic E-state index is 12.2. The van der Waals surface area contributed by atoms with Crippen LogP contribution in [0.15, 0.2) is 46.5 Å². The molecule has 0 radical (unpaired) electrons. The van der Waals surface area contributed by atoms with Gasteiger partial charge in [-0.2, -0.15) is 0 Å². The monoisotopic (exact) mass is 371 g/mol. The third-order valence-corrected chi connectivity index (χ3v) is 4.81. The third kappa shape index (κ3) is 3.76. The number of esters is 1. The quantitative estimate of drug-likeness (QED) is 0.638. The second-order valence-electron chi connectivity index (χ2n) is 5.70. The van der Waals surface area contributed by atoms with Gasteiger partial charge in [-0.3, -0.25) is 0 Å². The molecule has 1 fully saturated rings. The first-order chi connectivity index (χ1) is 12.8. The molecule has 134 valence electrons. The maximum Gasteiger partial charge on any atom is 0.340 e. The molecule has 0 N–H and O–H groups in total. The molecule has 0 saturated carbocycles. The Bertz CT molecular complexity index is 855. The number of aromatic nitrogens is 2. The summed E-state index contributed by atoms with van der Waals surface area (Å²) in [5, 5.41) is 1.95. The van der Waals surface area contributed by atoms with Gasteiger partial charge in [-0.25, -0.2) is 14.8 Å². The Balaban J connectivity index is 1.34. The zero-order valence-electron chi connectivity index (χ0n) is 14.0. The molecule has 1 aliphatic heterocycles. The summed E-state index contributed by atoms with van der Waals surface area (Å²) in [4.78, 5) is 23.9. The molecule has 0 bridgehead atoms. The molecule has 0 atom stereocenters. The van der Waals surface area contributed by atoms with Crippen LogP contribution in [0.4, 0.5) is 5.82 Å². The Morgan fingerprint density at radius 1 is 1.27 bits per heavy atom. The fraction of sp³-hybridized carbons (Fsp3) is 0.278. The number of hydrogen-bond acceptors (Lipinski definition) is 8. The van der Waals surface area contributed by atoms with Gasteiger partial charge in [-0.05, 0) is 23.6 Å². The largest absolute Gasteiger partial charge is 0.455 e. The number of hydrogen-bond donors (Lipinski definition) is 0. The van der Waals surface area contributed by atoms with Crippen LogP contribution in [0.1, 0.15) is 16.1 Å². The van der Waals surface area contributed by atoms with E-state index in [-0.39, 0.29) is 6.61 Å². The highest BCUT2D eigenvalue weighted by molar-refractivity contribution is 7.13. The van der Waals surface area contributed by atoms with Crippen molar-refractivity contribution in [2.24, 2.45) is 0 Å². The van der Waals surface area contributed by atoms with Crippen molar-refractivity contribution in [3.63, 3.8) is 0 Å². The van der Waals surface area contributed by atoms with Gasteiger partial charge in [-0.15, -0.1) is 11.3 Å². The van der Waals surface area contributed by atoms with Crippen molar-refractivity contribution >= 4 is 23.1 Å². The number of carbonyl (C=O) groups is 1. The van der Waals surface area contributed by atoms with Crippen molar-refractivity contribution in [1.82, 2.24) is 9.97 Å². The van der Waals surface area contributed by atoms with Gasteiger partial charge in [0.2, 0.25) is 5.89 Å². The van der Waals surface area contributed by atoms with E-state index in [0.29, 0.717) is 30.4 Å². The van der Waals surface area contributed by atoms with Gasteiger partial charge in [0, 0.05) is 19.3 Å². The van der Waals surface area contributed by atoms with Crippen LogP contribution in [0, 0.1) is 0 Å². The van der Waals surface area contributed by atoms with Crippen LogP contribution in [0.3, 0.4) is 0 Å². The highest BCUT2D eigenvalue weighted by Crippen LogP contribution is 2.24. The van der Waals surface area contributed by atoms with Crippen molar-refractivity contribution in [2.45, 2.75) is 6.61 Å². The van der Waals surface area contributed by atoms with E-state index in [9.17, 15) is 4.79 Å². The topological polar surface area (TPSA) is 77.7 Å². The van der Waals surface area contributed by atoms with E-state index >= 15 is 0 Å². The molecular weight excluding hydrogens is 354 g/mol. The molecule has 3 aromatic rings. The van der Waals surface area contributed by atoms with Crippen LogP contribution in [-0.4, -0.2) is 42.2 Å². The minimum Gasteiger partial charge on any atom is -0.455 e. The number of nitrogens with zero attached hydrogens (tertiary/aromatic N) is 3. The molecule has 7 nitrogen and oxygen atoms in total. The molecule has 1 aliphatic rings. The minimum absolute atomic E-state index is 0.0545. The normalized spacial score (nSPS) is 14.4. The lowest BCUT2D eigenvalue weighted by Gasteiger charge is -2.27. The average molecular weight is 371 g/mol. The fourth-order valence-electron chi connectivity index (χ4n) is 2.60. The van der Waals surface area contributed by atoms with E-state index in [2.05, 4.69) is 14.9 Å². The molecule has 8 heteroatoms. The second-order valence-corrected chi connectivity index (χ2v) is 6.65. The summed E-state index contributed by atoms with van der Waals surface area (Å²) in [7, 11) is 0. The molecule has 0 aliphatic carbocycles. The van der Waals surface area contributed by atoms with Crippen molar-refractivity contribution in [1.29, 1.82) is 0 Å². The van der Waals surface area contributed by atoms with Gasteiger partial charge in [0.05, 0.1) is 23.7 Å². The molecule has 0 spiro atoms. The van der Waals surface area contributed by atoms with Crippen molar-refractivity contribution in [2.75, 3.05) is 31.2 Å². The highest BCUT2D eigenvalue weighted by atomic mass is 32.1. The number of pyridine rings is 1. The van der Waals surface area contributed by atoms with E-state index < -0.39 is 5.97 Å². The standard InChI is InChI=1S/C18H17N3O4S/c22-18(13-3-4-16(19-10-13)21-5-7-23-8-6-21)25-12-14-11-24-17(20-14)15-2-1-9-26-15/h1-4,9-11H,5-8,12H2. The Morgan fingerprint density at radius 2 is 2.15 bits per heavy atom. The molecule has 1 saturated heterocycles. The molecule has 3 aromatic heterocycles. The average Bonchev–Trinajstić information content (AvgIpc) is 3.38. The summed E-state index contributed by atoms with van der Waals surface area (Å²) in [6, 6.07) is 7.40. The van der Waals surface area contributed by atoms with Gasteiger partial charge in [0.1, 0.15) is 24.4 Å². The Labute approximate surface area is 154 Å². The Hall–Kier alpha value is -2.71. The molecule has 4 rings (SSSR count). The van der Waals surface area contributed by atoms with Crippen molar-refractivity contribution in [3.8, 4) is 10.8 Å². The van der Waals surface area contributed by atoms with E-state index in [0.717, 1.165) is 23.8 Å². The lowest BCUT2D eigenvalue weighted by Crippen LogP contribution is -2.36. The van der Waals surface area contributed by atoms with Crippen LogP contribution in [0.5, 0.6) is 0 Å². The third-order valence-electron chi connectivity index (χ3n) is 3.95. The number of anilines is 1. The SMILES string of the molecule is O=C(OCc1coc(-c2cccs2)n1)c1ccc(N2CCOCC2)nc1. The molecule has 26 heavy (non-hydrogen) atoms. The first-order valence-electron chi connectivity index (χ1n) is 8.24. The molecule has 0 amide bonds. The van der Waals surface area contributed by atoms with E-state index in [1.807, 2.05) is 23.6 Å². The lowest BCUT2D eigenvalue weighted by molar-refractivity contribution is 0.0467. The Morgan fingerprint density at radius 3 is 2.88 bits per heavy atom. The Kier molecular flexibility index (Phi) is 4.94. The van der Waals surface area contributed by atoms with Gasteiger partial charge in [0.15, 0.2) is 0 Å². The summed E-state index contributed by atoms with van der Waals surface area (Å²) in [5.74, 6) is 0.927. The highest BCUT2D eigenvalue weighted by Gasteiger charge is 2.15. The van der Waals surface area contributed by atoms with E-state index in [4.69, 9.17) is 13.9 Å². The summed E-state index contributed by atoms with van der Waals surface area (Å²) in [6.07, 6.45) is 3.04. The van der Waals surface area contributed by atoms with Crippen LogP contribution < -0.4 is 4.90 Å². The number of rotatable bonds is 5. The summed E-state index contributed by atoms with van der Waals surface area (Å²) >= 11 is 1.54. The molecule has 0 unspecified atom stereocenters. The van der Waals surface area contributed by atoms with Gasteiger partial charge in [0.25, 0.3) is 0 Å². The second kappa shape index (κ2) is 7.67. The number of oxazole rings is 1. The van der Waals surface area contributed by atoms with Gasteiger partial charge in [-0.1, -0.05) is 6.07 Å². The predicted molar refractivity (Wildman–Crippen MR) is 96.2 cm³/mol. The molecule has 4 heterocycles. The first kappa shape index (κ1) is 16.7. The molecule has 0 aromatic carbocycles. The zero-order chi connectivity index (χ0) is 17.8. The van der Waals surface area contributed by atoms with Crippen LogP contribution >= 0.6 is 11.3 Å². The van der Waals surface area contributed by atoms with Crippen LogP contribution in [0.25, 0.3) is 10.8 Å². The summed E-state index contributed by atoms with van der Waals surface area (Å²) < 4.78 is 16.0. The van der Waals surface area contributed by atoms with Gasteiger partial charge >= 0.3 is 5.97 Å². The van der Waals surface area contributed by atoms with E-state index in [1.54, 1.807) is 6.07 Å². The van der Waals surface area contributed by atoms with Crippen LogP contribution in [-0.2, 0) is 16.1 Å². The first-order valence-corrected chi connectivity index (χ1v) is 9.12. The van der Waals surface area contributed by atoms with Crippen molar-refractivity contribution in [3.05, 3.63) is 53.4 Å². The predicted octanol–water partition coefficient (Wildman–Crippen LogP) is 2.99. The minimum atomic E-state index is -0.438. The lowest BCUT2D eigenvalue weighted by atomic mass is 10.2. The van der Waals surface area contributed by atoms with Gasteiger partial charge < -0.3 is 18.8 Å². The van der Waals surface area contributed by atoms with E-state index in [1.165, 1.54) is 23.8 Å². The number of ether oxygens (including phenoxy) is 2. The smallest absolute Gasteiger partial charge is 0.340 e. The zero-order valence-corrected chi connectivity index (χ0v) is 14.8. The summed E-state index contributed by atoms with van der Waals surface area (Å²) in [6.45, 7) is 3.04.